The zero-order valence-corrected chi connectivity index (χ0v) is 12.6. The monoisotopic (exact) mass is 303 g/mol. The van der Waals surface area contributed by atoms with Crippen molar-refractivity contribution in [1.82, 2.24) is 15.5 Å². The summed E-state index contributed by atoms with van der Waals surface area (Å²) in [5.41, 5.74) is 0.476. The predicted octanol–water partition coefficient (Wildman–Crippen LogP) is 1.85. The molecule has 0 atom stereocenters. The zero-order chi connectivity index (χ0) is 16.3. The van der Waals surface area contributed by atoms with E-state index >= 15 is 0 Å². The molecule has 1 amide bonds. The van der Waals surface area contributed by atoms with Gasteiger partial charge in [0.05, 0.1) is 11.1 Å². The Bertz CT molecular complexity index is 701. The van der Waals surface area contributed by atoms with E-state index in [1.807, 2.05) is 20.8 Å². The molecule has 0 unspecified atom stereocenters. The molecule has 2 rings (SSSR count). The summed E-state index contributed by atoms with van der Waals surface area (Å²) in [6.45, 7) is 5.40. The third-order valence-electron chi connectivity index (χ3n) is 2.90. The Morgan fingerprint density at radius 3 is 2.55 bits per heavy atom. The number of hydrogen-bond acceptors (Lipinski definition) is 5. The summed E-state index contributed by atoms with van der Waals surface area (Å²) < 4.78 is 5.24. The first-order chi connectivity index (χ1) is 10.3. The number of aliphatic carboxylic acids is 1. The van der Waals surface area contributed by atoms with E-state index in [-0.39, 0.29) is 16.9 Å². The van der Waals surface area contributed by atoms with Crippen LogP contribution in [0.15, 0.2) is 28.8 Å². The van der Waals surface area contributed by atoms with Gasteiger partial charge in [-0.05, 0) is 12.1 Å². The maximum atomic E-state index is 12.1. The molecule has 0 fully saturated rings. The van der Waals surface area contributed by atoms with Crippen LogP contribution in [0.5, 0.6) is 0 Å². The van der Waals surface area contributed by atoms with Gasteiger partial charge >= 0.3 is 5.97 Å². The molecule has 1 heterocycles. The lowest BCUT2D eigenvalue weighted by Crippen LogP contribution is -2.29. The molecule has 116 valence electrons. The van der Waals surface area contributed by atoms with Crippen LogP contribution in [-0.4, -0.2) is 33.7 Å². The molecule has 1 aromatic heterocycles. The molecule has 0 aliphatic carbocycles. The van der Waals surface area contributed by atoms with Crippen molar-refractivity contribution in [3.8, 4) is 11.5 Å². The minimum atomic E-state index is -1.11. The van der Waals surface area contributed by atoms with Gasteiger partial charge in [-0.3, -0.25) is 9.59 Å². The summed E-state index contributed by atoms with van der Waals surface area (Å²) in [5.74, 6) is -0.860. The third-order valence-corrected chi connectivity index (χ3v) is 2.90. The number of carboxylic acid groups (broad SMARTS) is 1. The van der Waals surface area contributed by atoms with E-state index < -0.39 is 18.4 Å². The fraction of sp³-hybridized carbons (Fsp3) is 0.333. The quantitative estimate of drug-likeness (QED) is 0.893. The molecule has 0 aliphatic heterocycles. The molecule has 7 heteroatoms. The molecule has 2 aromatic rings. The normalized spacial score (nSPS) is 11.2. The third kappa shape index (κ3) is 3.49. The maximum absolute atomic E-state index is 12.1. The van der Waals surface area contributed by atoms with Crippen molar-refractivity contribution < 1.29 is 19.2 Å². The van der Waals surface area contributed by atoms with E-state index in [1.165, 1.54) is 0 Å². The van der Waals surface area contributed by atoms with Crippen molar-refractivity contribution >= 4 is 11.9 Å². The summed E-state index contributed by atoms with van der Waals surface area (Å²) in [6, 6.07) is 6.67. The fourth-order valence-electron chi connectivity index (χ4n) is 1.76. The lowest BCUT2D eigenvalue weighted by atomic mass is 9.96. The standard InChI is InChI=1S/C15H17N3O4/c1-15(2,3)14-17-13(22-18-14)10-7-5-4-6-9(10)12(21)16-8-11(19)20/h4-7H,8H2,1-3H3,(H,16,21)(H,19,20). The molecule has 22 heavy (non-hydrogen) atoms. The lowest BCUT2D eigenvalue weighted by molar-refractivity contribution is -0.135. The Hall–Kier alpha value is -2.70. The maximum Gasteiger partial charge on any atom is 0.322 e. The summed E-state index contributed by atoms with van der Waals surface area (Å²) in [7, 11) is 0. The van der Waals surface area contributed by atoms with Gasteiger partial charge in [0.25, 0.3) is 11.8 Å². The van der Waals surface area contributed by atoms with E-state index in [1.54, 1.807) is 24.3 Å². The van der Waals surface area contributed by atoms with Crippen LogP contribution in [0.1, 0.15) is 37.0 Å². The number of hydrogen-bond donors (Lipinski definition) is 2. The van der Waals surface area contributed by atoms with Crippen LogP contribution in [0.2, 0.25) is 0 Å². The molecule has 7 nitrogen and oxygen atoms in total. The number of aromatic nitrogens is 2. The molecule has 0 saturated heterocycles. The van der Waals surface area contributed by atoms with E-state index in [0.29, 0.717) is 11.4 Å². The predicted molar refractivity (Wildman–Crippen MR) is 78.4 cm³/mol. The van der Waals surface area contributed by atoms with Crippen molar-refractivity contribution in [2.45, 2.75) is 26.2 Å². The van der Waals surface area contributed by atoms with Crippen molar-refractivity contribution in [1.29, 1.82) is 0 Å². The van der Waals surface area contributed by atoms with E-state index in [0.717, 1.165) is 0 Å². The minimum Gasteiger partial charge on any atom is -0.480 e. The molecule has 1 aromatic carbocycles. The first-order valence-electron chi connectivity index (χ1n) is 6.72. The van der Waals surface area contributed by atoms with Crippen molar-refractivity contribution in [2.24, 2.45) is 0 Å². The zero-order valence-electron chi connectivity index (χ0n) is 12.6. The van der Waals surface area contributed by atoms with Gasteiger partial charge in [0.2, 0.25) is 0 Å². The topological polar surface area (TPSA) is 105 Å². The second kappa shape index (κ2) is 5.97. The van der Waals surface area contributed by atoms with Gasteiger partial charge in [-0.15, -0.1) is 0 Å². The SMILES string of the molecule is CC(C)(C)c1noc(-c2ccccc2C(=O)NCC(=O)O)n1. The van der Waals surface area contributed by atoms with Gasteiger partial charge in [0, 0.05) is 5.41 Å². The number of nitrogens with one attached hydrogen (secondary N) is 1. The molecule has 2 N–H and O–H groups in total. The Morgan fingerprint density at radius 2 is 1.95 bits per heavy atom. The van der Waals surface area contributed by atoms with E-state index in [2.05, 4.69) is 15.5 Å². The Morgan fingerprint density at radius 1 is 1.27 bits per heavy atom. The molecule has 0 saturated carbocycles. The van der Waals surface area contributed by atoms with Crippen LogP contribution in [-0.2, 0) is 10.2 Å². The number of amides is 1. The van der Waals surface area contributed by atoms with Crippen molar-refractivity contribution in [3.05, 3.63) is 35.7 Å². The number of rotatable bonds is 4. The average Bonchev–Trinajstić information content (AvgIpc) is 2.94. The smallest absolute Gasteiger partial charge is 0.322 e. The van der Waals surface area contributed by atoms with Crippen LogP contribution in [0.3, 0.4) is 0 Å². The Kier molecular flexibility index (Phi) is 4.25. The highest BCUT2D eigenvalue weighted by Crippen LogP contribution is 2.25. The highest BCUT2D eigenvalue weighted by Gasteiger charge is 2.23. The Balaban J connectivity index is 2.34. The van der Waals surface area contributed by atoms with Gasteiger partial charge in [0.1, 0.15) is 6.54 Å². The summed E-state index contributed by atoms with van der Waals surface area (Å²) in [4.78, 5) is 26.9. The molecule has 0 spiro atoms. The number of carbonyl (C=O) groups excluding carboxylic acids is 1. The molecular weight excluding hydrogens is 286 g/mol. The summed E-state index contributed by atoms with van der Waals surface area (Å²) in [5, 5.41) is 14.9. The molecule has 0 bridgehead atoms. The van der Waals surface area contributed by atoms with Gasteiger partial charge < -0.3 is 14.9 Å². The molecular formula is C15H17N3O4. The van der Waals surface area contributed by atoms with Crippen LogP contribution >= 0.6 is 0 Å². The van der Waals surface area contributed by atoms with Crippen LogP contribution in [0, 0.1) is 0 Å². The second-order valence-electron chi connectivity index (χ2n) is 5.80. The number of benzene rings is 1. The van der Waals surface area contributed by atoms with Gasteiger partial charge in [-0.25, -0.2) is 0 Å². The van der Waals surface area contributed by atoms with Crippen molar-refractivity contribution in [3.63, 3.8) is 0 Å². The van der Waals surface area contributed by atoms with E-state index in [4.69, 9.17) is 9.63 Å². The minimum absolute atomic E-state index is 0.228. The number of nitrogens with zero attached hydrogens (tertiary/aromatic N) is 2. The van der Waals surface area contributed by atoms with Gasteiger partial charge in [-0.1, -0.05) is 38.1 Å². The highest BCUT2D eigenvalue weighted by molar-refractivity contribution is 6.00. The van der Waals surface area contributed by atoms with Gasteiger partial charge in [0.15, 0.2) is 5.82 Å². The fourth-order valence-corrected chi connectivity index (χ4v) is 1.76. The Labute approximate surface area is 127 Å². The van der Waals surface area contributed by atoms with Crippen molar-refractivity contribution in [2.75, 3.05) is 6.54 Å². The largest absolute Gasteiger partial charge is 0.480 e. The summed E-state index contributed by atoms with van der Waals surface area (Å²) in [6.07, 6.45) is 0. The van der Waals surface area contributed by atoms with Crippen LogP contribution < -0.4 is 5.32 Å². The number of carbonyl (C=O) groups is 2. The highest BCUT2D eigenvalue weighted by atomic mass is 16.5. The average molecular weight is 303 g/mol. The van der Waals surface area contributed by atoms with Crippen LogP contribution in [0.4, 0.5) is 0 Å². The van der Waals surface area contributed by atoms with E-state index in [9.17, 15) is 9.59 Å². The van der Waals surface area contributed by atoms with Gasteiger partial charge in [-0.2, -0.15) is 4.98 Å². The molecule has 0 radical (unpaired) electrons. The lowest BCUT2D eigenvalue weighted by Gasteiger charge is -2.11. The molecule has 0 aliphatic rings. The first-order valence-corrected chi connectivity index (χ1v) is 6.72. The summed E-state index contributed by atoms with van der Waals surface area (Å²) >= 11 is 0. The first kappa shape index (κ1) is 15.7. The number of carboxylic acids is 1. The van der Waals surface area contributed by atoms with Crippen LogP contribution in [0.25, 0.3) is 11.5 Å². The second-order valence-corrected chi connectivity index (χ2v) is 5.80.